The number of hydrogen-bond acceptors (Lipinski definition) is 3. The van der Waals surface area contributed by atoms with Crippen LogP contribution in [0.5, 0.6) is 0 Å². The predicted molar refractivity (Wildman–Crippen MR) is 87.7 cm³/mol. The van der Waals surface area contributed by atoms with Crippen molar-refractivity contribution in [3.63, 3.8) is 0 Å². The number of nitrogens with zero attached hydrogens (tertiary/aromatic N) is 2. The second-order valence-electron chi connectivity index (χ2n) is 5.65. The third-order valence-electron chi connectivity index (χ3n) is 4.07. The molecule has 1 aromatic carbocycles. The lowest BCUT2D eigenvalue weighted by Gasteiger charge is -2.30. The average molecular weight is 296 g/mol. The minimum atomic E-state index is 0.689. The van der Waals surface area contributed by atoms with Crippen LogP contribution in [0.15, 0.2) is 24.3 Å². The first-order valence-corrected chi connectivity index (χ1v) is 7.99. The van der Waals surface area contributed by atoms with Gasteiger partial charge in [0.2, 0.25) is 0 Å². The summed E-state index contributed by atoms with van der Waals surface area (Å²) in [5.74, 6) is 0. The van der Waals surface area contributed by atoms with Gasteiger partial charge in [0, 0.05) is 36.4 Å². The fraction of sp³-hybridized carbons (Fsp3) is 0.625. The van der Waals surface area contributed by atoms with Crippen LogP contribution in [-0.2, 0) is 0 Å². The smallest absolute Gasteiger partial charge is 0.0407 e. The SMILES string of the molecule is CCC1CN(C)CCCN1CCNc1ccc(Cl)cc1. The van der Waals surface area contributed by atoms with Gasteiger partial charge in [-0.1, -0.05) is 18.5 Å². The van der Waals surface area contributed by atoms with Gasteiger partial charge < -0.3 is 10.2 Å². The van der Waals surface area contributed by atoms with Gasteiger partial charge in [0.1, 0.15) is 0 Å². The zero-order chi connectivity index (χ0) is 14.4. The number of halogens is 1. The first kappa shape index (κ1) is 15.6. The molecule has 0 bridgehead atoms. The topological polar surface area (TPSA) is 18.5 Å². The molecule has 0 aliphatic carbocycles. The highest BCUT2D eigenvalue weighted by Crippen LogP contribution is 2.14. The Labute approximate surface area is 127 Å². The van der Waals surface area contributed by atoms with Crippen molar-refractivity contribution >= 4 is 17.3 Å². The van der Waals surface area contributed by atoms with E-state index < -0.39 is 0 Å². The van der Waals surface area contributed by atoms with Crippen molar-refractivity contribution < 1.29 is 0 Å². The van der Waals surface area contributed by atoms with Crippen LogP contribution < -0.4 is 5.32 Å². The summed E-state index contributed by atoms with van der Waals surface area (Å²) in [5, 5.41) is 4.27. The Balaban J connectivity index is 1.80. The molecule has 1 heterocycles. The van der Waals surface area contributed by atoms with E-state index in [2.05, 4.69) is 29.1 Å². The maximum Gasteiger partial charge on any atom is 0.0407 e. The zero-order valence-corrected chi connectivity index (χ0v) is 13.4. The Kier molecular flexibility index (Phi) is 6.14. The van der Waals surface area contributed by atoms with E-state index in [-0.39, 0.29) is 0 Å². The monoisotopic (exact) mass is 295 g/mol. The second kappa shape index (κ2) is 7.87. The Morgan fingerprint density at radius 3 is 2.70 bits per heavy atom. The van der Waals surface area contributed by atoms with Crippen LogP contribution in [0.3, 0.4) is 0 Å². The molecule has 1 fully saturated rings. The molecule has 1 unspecified atom stereocenters. The van der Waals surface area contributed by atoms with E-state index in [1.807, 2.05) is 24.3 Å². The van der Waals surface area contributed by atoms with Gasteiger partial charge in [0.25, 0.3) is 0 Å². The van der Waals surface area contributed by atoms with Gasteiger partial charge in [0.05, 0.1) is 0 Å². The van der Waals surface area contributed by atoms with E-state index in [0.29, 0.717) is 6.04 Å². The largest absolute Gasteiger partial charge is 0.384 e. The number of nitrogens with one attached hydrogen (secondary N) is 1. The Morgan fingerprint density at radius 2 is 2.00 bits per heavy atom. The Morgan fingerprint density at radius 1 is 1.25 bits per heavy atom. The third kappa shape index (κ3) is 4.65. The zero-order valence-electron chi connectivity index (χ0n) is 12.6. The highest BCUT2D eigenvalue weighted by atomic mass is 35.5. The lowest BCUT2D eigenvalue weighted by Crippen LogP contribution is -2.41. The van der Waals surface area contributed by atoms with Crippen molar-refractivity contribution in [3.8, 4) is 0 Å². The molecule has 0 spiro atoms. The molecule has 2 rings (SSSR count). The van der Waals surface area contributed by atoms with E-state index in [1.165, 1.54) is 32.5 Å². The molecular formula is C16H26ClN3. The van der Waals surface area contributed by atoms with E-state index in [1.54, 1.807) is 0 Å². The molecule has 1 N–H and O–H groups in total. The van der Waals surface area contributed by atoms with Crippen molar-refractivity contribution in [1.82, 2.24) is 9.80 Å². The molecule has 0 saturated carbocycles. The summed E-state index contributed by atoms with van der Waals surface area (Å²) in [6, 6.07) is 8.62. The fourth-order valence-corrected chi connectivity index (χ4v) is 3.01. The van der Waals surface area contributed by atoms with Gasteiger partial charge in [0.15, 0.2) is 0 Å². The van der Waals surface area contributed by atoms with Crippen LogP contribution in [0.25, 0.3) is 0 Å². The molecule has 1 aromatic rings. The standard InChI is InChI=1S/C16H26ClN3/c1-3-16-13-19(2)10-4-11-20(16)12-9-18-15-7-5-14(17)6-8-15/h5-8,16,18H,3-4,9-13H2,1-2H3. The van der Waals surface area contributed by atoms with Crippen molar-refractivity contribution in [1.29, 1.82) is 0 Å². The predicted octanol–water partition coefficient (Wildman–Crippen LogP) is 3.17. The highest BCUT2D eigenvalue weighted by molar-refractivity contribution is 6.30. The first-order valence-electron chi connectivity index (χ1n) is 7.61. The van der Waals surface area contributed by atoms with Crippen LogP contribution in [0.1, 0.15) is 19.8 Å². The van der Waals surface area contributed by atoms with Crippen molar-refractivity contribution in [2.24, 2.45) is 0 Å². The number of anilines is 1. The lowest BCUT2D eigenvalue weighted by molar-refractivity contribution is 0.190. The van der Waals surface area contributed by atoms with Crippen LogP contribution in [-0.4, -0.2) is 55.6 Å². The summed E-state index contributed by atoms with van der Waals surface area (Å²) in [7, 11) is 2.23. The lowest BCUT2D eigenvalue weighted by atomic mass is 10.2. The number of likely N-dealkylation sites (N-methyl/N-ethyl adjacent to an activating group) is 1. The molecule has 4 heteroatoms. The summed E-state index contributed by atoms with van der Waals surface area (Å²) in [6.45, 7) is 8.01. The van der Waals surface area contributed by atoms with E-state index >= 15 is 0 Å². The number of rotatable bonds is 5. The van der Waals surface area contributed by atoms with E-state index in [9.17, 15) is 0 Å². The second-order valence-corrected chi connectivity index (χ2v) is 6.08. The molecule has 1 aliphatic rings. The average Bonchev–Trinajstić information content (AvgIpc) is 2.62. The van der Waals surface area contributed by atoms with Crippen molar-refractivity contribution in [3.05, 3.63) is 29.3 Å². The Bertz CT molecular complexity index is 393. The summed E-state index contributed by atoms with van der Waals surface area (Å²) in [5.41, 5.74) is 1.15. The highest BCUT2D eigenvalue weighted by Gasteiger charge is 2.21. The number of benzene rings is 1. The summed E-state index contributed by atoms with van der Waals surface area (Å²) in [6.07, 6.45) is 2.50. The molecule has 1 saturated heterocycles. The van der Waals surface area contributed by atoms with Crippen LogP contribution in [0.2, 0.25) is 5.02 Å². The number of hydrogen-bond donors (Lipinski definition) is 1. The molecule has 0 aromatic heterocycles. The van der Waals surface area contributed by atoms with Crippen LogP contribution in [0.4, 0.5) is 5.69 Å². The van der Waals surface area contributed by atoms with Gasteiger partial charge in [-0.3, -0.25) is 4.90 Å². The van der Waals surface area contributed by atoms with Gasteiger partial charge >= 0.3 is 0 Å². The van der Waals surface area contributed by atoms with Gasteiger partial charge in [-0.15, -0.1) is 0 Å². The fourth-order valence-electron chi connectivity index (χ4n) is 2.89. The molecule has 1 aliphatic heterocycles. The summed E-state index contributed by atoms with van der Waals surface area (Å²) >= 11 is 5.90. The quantitative estimate of drug-likeness (QED) is 0.900. The minimum Gasteiger partial charge on any atom is -0.384 e. The van der Waals surface area contributed by atoms with Crippen molar-refractivity contribution in [2.75, 3.05) is 45.1 Å². The third-order valence-corrected chi connectivity index (χ3v) is 4.32. The summed E-state index contributed by atoms with van der Waals surface area (Å²) in [4.78, 5) is 5.09. The summed E-state index contributed by atoms with van der Waals surface area (Å²) < 4.78 is 0. The first-order chi connectivity index (χ1) is 9.69. The van der Waals surface area contributed by atoms with E-state index in [0.717, 1.165) is 23.8 Å². The molecule has 3 nitrogen and oxygen atoms in total. The van der Waals surface area contributed by atoms with Gasteiger partial charge in [-0.25, -0.2) is 0 Å². The molecule has 0 amide bonds. The molecule has 20 heavy (non-hydrogen) atoms. The molecule has 0 radical (unpaired) electrons. The normalized spacial score (nSPS) is 21.6. The van der Waals surface area contributed by atoms with Crippen molar-refractivity contribution in [2.45, 2.75) is 25.8 Å². The van der Waals surface area contributed by atoms with Gasteiger partial charge in [-0.05, 0) is 57.2 Å². The van der Waals surface area contributed by atoms with Crippen LogP contribution in [0, 0.1) is 0 Å². The van der Waals surface area contributed by atoms with Gasteiger partial charge in [-0.2, -0.15) is 0 Å². The molecule has 1 atom stereocenters. The Hall–Kier alpha value is -0.770. The van der Waals surface area contributed by atoms with E-state index in [4.69, 9.17) is 11.6 Å². The van der Waals surface area contributed by atoms with Crippen LogP contribution >= 0.6 is 11.6 Å². The minimum absolute atomic E-state index is 0.689. The molecular weight excluding hydrogens is 270 g/mol. The molecule has 112 valence electrons. The maximum atomic E-state index is 5.90. The maximum absolute atomic E-state index is 5.90.